The second-order valence-electron chi connectivity index (χ2n) is 5.86. The molecule has 120 valence electrons. The summed E-state index contributed by atoms with van der Waals surface area (Å²) in [6.45, 7) is 8.82. The van der Waals surface area contributed by atoms with Crippen molar-refractivity contribution in [2.75, 3.05) is 19.7 Å². The first-order chi connectivity index (χ1) is 9.81. The van der Waals surface area contributed by atoms with Crippen LogP contribution in [-0.2, 0) is 19.0 Å². The van der Waals surface area contributed by atoms with E-state index in [-0.39, 0.29) is 12.2 Å². The molecule has 1 rings (SSSR count). The molecule has 1 heterocycles. The molecule has 1 amide bonds. The van der Waals surface area contributed by atoms with Crippen molar-refractivity contribution in [2.45, 2.75) is 52.2 Å². The van der Waals surface area contributed by atoms with Crippen LogP contribution in [0.15, 0.2) is 12.3 Å². The quantitative estimate of drug-likeness (QED) is 0.453. The fourth-order valence-corrected chi connectivity index (χ4v) is 1.90. The van der Waals surface area contributed by atoms with Crippen molar-refractivity contribution in [3.8, 4) is 0 Å². The number of rotatable bonds is 4. The third-order valence-corrected chi connectivity index (χ3v) is 2.86. The van der Waals surface area contributed by atoms with Crippen molar-refractivity contribution in [1.29, 1.82) is 0 Å². The second-order valence-corrected chi connectivity index (χ2v) is 5.86. The summed E-state index contributed by atoms with van der Waals surface area (Å²) >= 11 is 0. The Morgan fingerprint density at radius 3 is 2.38 bits per heavy atom. The molecular formula is C15H25NO5. The number of hydrogen-bond donors (Lipinski definition) is 0. The fourth-order valence-electron chi connectivity index (χ4n) is 1.90. The Bertz CT molecular complexity index is 378. The first-order valence-electron chi connectivity index (χ1n) is 7.28. The van der Waals surface area contributed by atoms with E-state index >= 15 is 0 Å². The maximum Gasteiger partial charge on any atom is 0.410 e. The maximum absolute atomic E-state index is 11.9. The standard InChI is InChI=1S/C15H25NO5/c1-5-19-13(17)8-11-20-12-6-9-16(10-7-12)14(18)21-15(2,3)4/h8,11-12H,5-7,9-10H2,1-4H3. The summed E-state index contributed by atoms with van der Waals surface area (Å²) in [5, 5.41) is 0. The number of carbonyl (C=O) groups excluding carboxylic acids is 2. The highest BCUT2D eigenvalue weighted by Crippen LogP contribution is 2.17. The Kier molecular flexibility index (Phi) is 6.52. The number of likely N-dealkylation sites (tertiary alicyclic amines) is 1. The number of amides is 1. The number of esters is 1. The third kappa shape index (κ3) is 7.02. The minimum absolute atomic E-state index is 0.00867. The minimum atomic E-state index is -0.479. The highest BCUT2D eigenvalue weighted by molar-refractivity contribution is 5.81. The highest BCUT2D eigenvalue weighted by atomic mass is 16.6. The van der Waals surface area contributed by atoms with Crippen molar-refractivity contribution >= 4 is 12.1 Å². The van der Waals surface area contributed by atoms with E-state index in [1.165, 1.54) is 12.3 Å². The number of hydrogen-bond acceptors (Lipinski definition) is 5. The number of ether oxygens (including phenoxy) is 3. The van der Waals surface area contributed by atoms with Crippen molar-refractivity contribution in [3.05, 3.63) is 12.3 Å². The van der Waals surface area contributed by atoms with Gasteiger partial charge in [0.2, 0.25) is 0 Å². The lowest BCUT2D eigenvalue weighted by Gasteiger charge is -2.32. The average molecular weight is 299 g/mol. The zero-order valence-electron chi connectivity index (χ0n) is 13.3. The average Bonchev–Trinajstić information content (AvgIpc) is 2.38. The predicted molar refractivity (Wildman–Crippen MR) is 77.7 cm³/mol. The van der Waals surface area contributed by atoms with E-state index in [4.69, 9.17) is 14.2 Å². The summed E-state index contributed by atoms with van der Waals surface area (Å²) in [5.41, 5.74) is -0.479. The molecule has 0 aromatic rings. The monoisotopic (exact) mass is 299 g/mol. The van der Waals surface area contributed by atoms with Crippen LogP contribution in [0.25, 0.3) is 0 Å². The Balaban J connectivity index is 2.29. The molecular weight excluding hydrogens is 274 g/mol. The van der Waals surface area contributed by atoms with Gasteiger partial charge >= 0.3 is 12.1 Å². The molecule has 0 saturated carbocycles. The van der Waals surface area contributed by atoms with Gasteiger partial charge in [0, 0.05) is 25.9 Å². The maximum atomic E-state index is 11.9. The summed E-state index contributed by atoms with van der Waals surface area (Å²) < 4.78 is 15.5. The van der Waals surface area contributed by atoms with Crippen LogP contribution in [0.5, 0.6) is 0 Å². The fraction of sp³-hybridized carbons (Fsp3) is 0.733. The Hall–Kier alpha value is -1.72. The number of piperidine rings is 1. The van der Waals surface area contributed by atoms with Gasteiger partial charge in [0.25, 0.3) is 0 Å². The number of nitrogens with zero attached hydrogens (tertiary/aromatic N) is 1. The van der Waals surface area contributed by atoms with Crippen molar-refractivity contribution in [1.82, 2.24) is 4.90 Å². The molecule has 1 aliphatic heterocycles. The molecule has 0 N–H and O–H groups in total. The predicted octanol–water partition coefficient (Wildman–Crippen LogP) is 2.48. The minimum Gasteiger partial charge on any atom is -0.498 e. The highest BCUT2D eigenvalue weighted by Gasteiger charge is 2.27. The van der Waals surface area contributed by atoms with Crippen LogP contribution in [0.2, 0.25) is 0 Å². The normalized spacial score (nSPS) is 16.9. The van der Waals surface area contributed by atoms with Crippen molar-refractivity contribution < 1.29 is 23.8 Å². The van der Waals surface area contributed by atoms with E-state index in [0.29, 0.717) is 32.5 Å². The first kappa shape index (κ1) is 17.3. The molecule has 0 spiro atoms. The zero-order valence-corrected chi connectivity index (χ0v) is 13.3. The van der Waals surface area contributed by atoms with E-state index in [2.05, 4.69) is 0 Å². The molecule has 21 heavy (non-hydrogen) atoms. The van der Waals surface area contributed by atoms with Crippen LogP contribution < -0.4 is 0 Å². The van der Waals surface area contributed by atoms with Gasteiger partial charge in [-0.15, -0.1) is 0 Å². The SMILES string of the molecule is CCOC(=O)C=COC1CCN(C(=O)OC(C)(C)C)CC1. The lowest BCUT2D eigenvalue weighted by Crippen LogP contribution is -2.43. The molecule has 0 unspecified atom stereocenters. The van der Waals surface area contributed by atoms with Gasteiger partial charge in [-0.3, -0.25) is 0 Å². The molecule has 0 aromatic carbocycles. The van der Waals surface area contributed by atoms with Gasteiger partial charge in [0.15, 0.2) is 0 Å². The Morgan fingerprint density at radius 2 is 1.86 bits per heavy atom. The summed E-state index contributed by atoms with van der Waals surface area (Å²) in [7, 11) is 0. The van der Waals surface area contributed by atoms with Crippen LogP contribution in [-0.4, -0.2) is 48.4 Å². The molecule has 0 atom stereocenters. The van der Waals surface area contributed by atoms with Gasteiger partial charge in [0.05, 0.1) is 18.9 Å². The first-order valence-corrected chi connectivity index (χ1v) is 7.28. The summed E-state index contributed by atoms with van der Waals surface area (Å²) in [6, 6.07) is 0. The van der Waals surface area contributed by atoms with E-state index in [9.17, 15) is 9.59 Å². The molecule has 0 aromatic heterocycles. The summed E-state index contributed by atoms with van der Waals surface area (Å²) in [6.07, 6.45) is 3.78. The molecule has 0 radical (unpaired) electrons. The van der Waals surface area contributed by atoms with E-state index < -0.39 is 11.6 Å². The Labute approximate surface area is 126 Å². The van der Waals surface area contributed by atoms with Gasteiger partial charge in [-0.2, -0.15) is 0 Å². The van der Waals surface area contributed by atoms with Gasteiger partial charge in [-0.05, 0) is 27.7 Å². The van der Waals surface area contributed by atoms with E-state index in [1.807, 2.05) is 20.8 Å². The molecule has 1 fully saturated rings. The van der Waals surface area contributed by atoms with Crippen LogP contribution in [0.4, 0.5) is 4.79 Å². The van der Waals surface area contributed by atoms with E-state index in [0.717, 1.165) is 0 Å². The molecule has 1 saturated heterocycles. The van der Waals surface area contributed by atoms with Crippen LogP contribution >= 0.6 is 0 Å². The third-order valence-electron chi connectivity index (χ3n) is 2.86. The molecule has 0 bridgehead atoms. The zero-order chi connectivity index (χ0) is 15.9. The Morgan fingerprint density at radius 1 is 1.24 bits per heavy atom. The topological polar surface area (TPSA) is 65.1 Å². The largest absolute Gasteiger partial charge is 0.498 e. The summed E-state index contributed by atoms with van der Waals surface area (Å²) in [4.78, 5) is 24.7. The van der Waals surface area contributed by atoms with Crippen molar-refractivity contribution in [3.63, 3.8) is 0 Å². The van der Waals surface area contributed by atoms with Gasteiger partial charge in [0.1, 0.15) is 11.7 Å². The molecule has 0 aliphatic carbocycles. The van der Waals surface area contributed by atoms with Crippen LogP contribution in [0.1, 0.15) is 40.5 Å². The molecule has 1 aliphatic rings. The van der Waals surface area contributed by atoms with Crippen LogP contribution in [0.3, 0.4) is 0 Å². The second kappa shape index (κ2) is 7.90. The van der Waals surface area contributed by atoms with Gasteiger partial charge in [-0.1, -0.05) is 0 Å². The lowest BCUT2D eigenvalue weighted by molar-refractivity contribution is -0.137. The van der Waals surface area contributed by atoms with Crippen molar-refractivity contribution in [2.24, 2.45) is 0 Å². The number of carbonyl (C=O) groups is 2. The molecule has 6 nitrogen and oxygen atoms in total. The van der Waals surface area contributed by atoms with Gasteiger partial charge in [-0.25, -0.2) is 9.59 Å². The van der Waals surface area contributed by atoms with Gasteiger partial charge < -0.3 is 19.1 Å². The van der Waals surface area contributed by atoms with E-state index in [1.54, 1.807) is 11.8 Å². The smallest absolute Gasteiger partial charge is 0.410 e. The lowest BCUT2D eigenvalue weighted by atomic mass is 10.1. The van der Waals surface area contributed by atoms with Crippen LogP contribution in [0, 0.1) is 0 Å². The molecule has 6 heteroatoms. The summed E-state index contributed by atoms with van der Waals surface area (Å²) in [5.74, 6) is -0.413.